The highest BCUT2D eigenvalue weighted by Gasteiger charge is 2.13. The van der Waals surface area contributed by atoms with E-state index in [1.807, 2.05) is 12.4 Å². The predicted octanol–water partition coefficient (Wildman–Crippen LogP) is 2.39. The molecule has 1 aliphatic heterocycles. The highest BCUT2D eigenvalue weighted by Crippen LogP contribution is 2.20. The minimum absolute atomic E-state index is 0.876. The maximum absolute atomic E-state index is 4.07. The SMILES string of the molecule is CCN(CCSC1CCNCC1)Cc1ccncc1. The number of nitrogens with one attached hydrogen (secondary N) is 1. The van der Waals surface area contributed by atoms with E-state index < -0.39 is 0 Å². The van der Waals surface area contributed by atoms with Crippen molar-refractivity contribution >= 4 is 11.8 Å². The summed E-state index contributed by atoms with van der Waals surface area (Å²) in [6.45, 7) is 8.00. The fraction of sp³-hybridized carbons (Fsp3) is 0.667. The van der Waals surface area contributed by atoms with E-state index in [2.05, 4.69) is 46.0 Å². The van der Waals surface area contributed by atoms with Crippen molar-refractivity contribution < 1.29 is 0 Å². The molecule has 1 aromatic heterocycles. The molecule has 0 aliphatic carbocycles. The Morgan fingerprint density at radius 1 is 1.32 bits per heavy atom. The van der Waals surface area contributed by atoms with Crippen LogP contribution in [0.3, 0.4) is 0 Å². The molecule has 0 aromatic carbocycles. The van der Waals surface area contributed by atoms with Crippen LogP contribution in [0.4, 0.5) is 0 Å². The molecule has 1 N–H and O–H groups in total. The summed E-state index contributed by atoms with van der Waals surface area (Å²) in [5.74, 6) is 1.25. The van der Waals surface area contributed by atoms with Gasteiger partial charge >= 0.3 is 0 Å². The van der Waals surface area contributed by atoms with E-state index >= 15 is 0 Å². The molecule has 106 valence electrons. The lowest BCUT2D eigenvalue weighted by atomic mass is 10.2. The van der Waals surface area contributed by atoms with Crippen LogP contribution in [-0.2, 0) is 6.54 Å². The van der Waals surface area contributed by atoms with E-state index in [1.165, 1.54) is 43.8 Å². The molecule has 1 aliphatic rings. The number of thioether (sulfide) groups is 1. The molecule has 1 aromatic rings. The van der Waals surface area contributed by atoms with Crippen LogP contribution in [0.25, 0.3) is 0 Å². The summed E-state index contributed by atoms with van der Waals surface area (Å²) in [7, 11) is 0. The number of aromatic nitrogens is 1. The van der Waals surface area contributed by atoms with Gasteiger partial charge in [-0.05, 0) is 50.2 Å². The van der Waals surface area contributed by atoms with Crippen molar-refractivity contribution in [1.29, 1.82) is 0 Å². The Morgan fingerprint density at radius 2 is 2.05 bits per heavy atom. The van der Waals surface area contributed by atoms with Gasteiger partial charge in [0, 0.05) is 36.5 Å². The standard InChI is InChI=1S/C15H25N3S/c1-2-18(13-14-3-7-16-8-4-14)11-12-19-15-5-9-17-10-6-15/h3-4,7-8,15,17H,2,5-6,9-13H2,1H3. The Morgan fingerprint density at radius 3 is 2.74 bits per heavy atom. The molecule has 4 heteroatoms. The fourth-order valence-electron chi connectivity index (χ4n) is 2.41. The molecular formula is C15H25N3S. The van der Waals surface area contributed by atoms with Gasteiger partial charge in [0.25, 0.3) is 0 Å². The number of hydrogen-bond acceptors (Lipinski definition) is 4. The second-order valence-corrected chi connectivity index (χ2v) is 6.45. The first-order chi connectivity index (χ1) is 9.38. The minimum atomic E-state index is 0.876. The first kappa shape index (κ1) is 14.8. The summed E-state index contributed by atoms with van der Waals surface area (Å²) >= 11 is 2.16. The molecule has 0 radical (unpaired) electrons. The predicted molar refractivity (Wildman–Crippen MR) is 83.5 cm³/mol. The average Bonchev–Trinajstić information content (AvgIpc) is 2.48. The van der Waals surface area contributed by atoms with Gasteiger partial charge < -0.3 is 5.32 Å². The normalized spacial score (nSPS) is 16.9. The lowest BCUT2D eigenvalue weighted by Gasteiger charge is -2.24. The average molecular weight is 279 g/mol. The maximum atomic E-state index is 4.07. The molecule has 1 fully saturated rings. The smallest absolute Gasteiger partial charge is 0.0271 e. The Balaban J connectivity index is 1.67. The van der Waals surface area contributed by atoms with E-state index in [0.717, 1.165) is 18.3 Å². The van der Waals surface area contributed by atoms with Gasteiger partial charge in [-0.25, -0.2) is 0 Å². The largest absolute Gasteiger partial charge is 0.317 e. The highest BCUT2D eigenvalue weighted by molar-refractivity contribution is 7.99. The van der Waals surface area contributed by atoms with Gasteiger partial charge in [0.05, 0.1) is 0 Å². The third-order valence-corrected chi connectivity index (χ3v) is 5.01. The van der Waals surface area contributed by atoms with E-state index in [1.54, 1.807) is 0 Å². The van der Waals surface area contributed by atoms with Gasteiger partial charge in [0.1, 0.15) is 0 Å². The van der Waals surface area contributed by atoms with Gasteiger partial charge in [-0.3, -0.25) is 9.88 Å². The van der Waals surface area contributed by atoms with Gasteiger partial charge in [-0.2, -0.15) is 11.8 Å². The molecule has 0 unspecified atom stereocenters. The van der Waals surface area contributed by atoms with Gasteiger partial charge in [-0.15, -0.1) is 0 Å². The third kappa shape index (κ3) is 5.51. The van der Waals surface area contributed by atoms with E-state index in [-0.39, 0.29) is 0 Å². The summed E-state index contributed by atoms with van der Waals surface area (Å²) in [4.78, 5) is 6.59. The van der Waals surface area contributed by atoms with Crippen LogP contribution in [0.15, 0.2) is 24.5 Å². The zero-order valence-electron chi connectivity index (χ0n) is 11.8. The van der Waals surface area contributed by atoms with Crippen molar-refractivity contribution in [2.24, 2.45) is 0 Å². The zero-order chi connectivity index (χ0) is 13.3. The second kappa shape index (κ2) is 8.56. The van der Waals surface area contributed by atoms with Crippen molar-refractivity contribution in [3.05, 3.63) is 30.1 Å². The van der Waals surface area contributed by atoms with Gasteiger partial charge in [0.15, 0.2) is 0 Å². The molecule has 0 bridgehead atoms. The molecule has 0 amide bonds. The lowest BCUT2D eigenvalue weighted by Crippen LogP contribution is -2.30. The first-order valence-electron chi connectivity index (χ1n) is 7.32. The lowest BCUT2D eigenvalue weighted by molar-refractivity contribution is 0.298. The van der Waals surface area contributed by atoms with Crippen molar-refractivity contribution in [2.45, 2.75) is 31.6 Å². The molecule has 0 spiro atoms. The number of piperidine rings is 1. The van der Waals surface area contributed by atoms with Crippen molar-refractivity contribution in [3.8, 4) is 0 Å². The summed E-state index contributed by atoms with van der Waals surface area (Å²) < 4.78 is 0. The van der Waals surface area contributed by atoms with Crippen LogP contribution in [-0.4, -0.2) is 47.1 Å². The summed E-state index contributed by atoms with van der Waals surface area (Å²) in [5.41, 5.74) is 1.36. The minimum Gasteiger partial charge on any atom is -0.317 e. The van der Waals surface area contributed by atoms with Crippen molar-refractivity contribution in [2.75, 3.05) is 31.9 Å². The molecule has 0 atom stereocenters. The molecule has 2 heterocycles. The van der Waals surface area contributed by atoms with Crippen molar-refractivity contribution in [3.63, 3.8) is 0 Å². The molecule has 19 heavy (non-hydrogen) atoms. The van der Waals surface area contributed by atoms with E-state index in [9.17, 15) is 0 Å². The van der Waals surface area contributed by atoms with Crippen LogP contribution in [0.5, 0.6) is 0 Å². The number of nitrogens with zero attached hydrogens (tertiary/aromatic N) is 2. The molecule has 2 rings (SSSR count). The summed E-state index contributed by atoms with van der Waals surface area (Å²) in [6, 6.07) is 4.23. The molecule has 3 nitrogen and oxygen atoms in total. The Hall–Kier alpha value is -0.580. The summed E-state index contributed by atoms with van der Waals surface area (Å²) in [5, 5.41) is 4.30. The quantitative estimate of drug-likeness (QED) is 0.829. The van der Waals surface area contributed by atoms with Crippen LogP contribution < -0.4 is 5.32 Å². The van der Waals surface area contributed by atoms with Crippen LogP contribution in [0.2, 0.25) is 0 Å². The van der Waals surface area contributed by atoms with Crippen LogP contribution in [0, 0.1) is 0 Å². The number of hydrogen-bond donors (Lipinski definition) is 1. The number of pyridine rings is 1. The van der Waals surface area contributed by atoms with Crippen LogP contribution >= 0.6 is 11.8 Å². The van der Waals surface area contributed by atoms with Gasteiger partial charge in [0.2, 0.25) is 0 Å². The third-order valence-electron chi connectivity index (χ3n) is 3.65. The number of rotatable bonds is 7. The monoisotopic (exact) mass is 279 g/mol. The van der Waals surface area contributed by atoms with E-state index in [0.29, 0.717) is 0 Å². The Bertz CT molecular complexity index is 339. The highest BCUT2D eigenvalue weighted by atomic mass is 32.2. The molecular weight excluding hydrogens is 254 g/mol. The summed E-state index contributed by atoms with van der Waals surface area (Å²) in [6.07, 6.45) is 6.43. The van der Waals surface area contributed by atoms with Crippen LogP contribution in [0.1, 0.15) is 25.3 Å². The van der Waals surface area contributed by atoms with Crippen molar-refractivity contribution in [1.82, 2.24) is 15.2 Å². The maximum Gasteiger partial charge on any atom is 0.0271 e. The Labute approximate surface area is 121 Å². The first-order valence-corrected chi connectivity index (χ1v) is 8.37. The molecule has 1 saturated heterocycles. The Kier molecular flexibility index (Phi) is 6.68. The van der Waals surface area contributed by atoms with Gasteiger partial charge in [-0.1, -0.05) is 6.92 Å². The van der Waals surface area contributed by atoms with E-state index in [4.69, 9.17) is 0 Å². The fourth-order valence-corrected chi connectivity index (χ4v) is 3.67. The second-order valence-electron chi connectivity index (χ2n) is 5.04. The zero-order valence-corrected chi connectivity index (χ0v) is 12.7. The topological polar surface area (TPSA) is 28.2 Å². The molecule has 0 saturated carbocycles.